The van der Waals surface area contributed by atoms with E-state index in [4.69, 9.17) is 4.42 Å². The Labute approximate surface area is 163 Å². The summed E-state index contributed by atoms with van der Waals surface area (Å²) in [5.41, 5.74) is 2.89. The van der Waals surface area contributed by atoms with Crippen molar-refractivity contribution in [3.05, 3.63) is 53.2 Å². The van der Waals surface area contributed by atoms with Crippen molar-refractivity contribution in [2.75, 3.05) is 0 Å². The highest BCUT2D eigenvalue weighted by Crippen LogP contribution is 2.20. The van der Waals surface area contributed by atoms with Gasteiger partial charge in [0.05, 0.1) is 23.8 Å². The Balaban J connectivity index is 1.58. The number of ketones is 1. The number of hydrogen-bond donors (Lipinski definition) is 1. The second-order valence-electron chi connectivity index (χ2n) is 6.74. The van der Waals surface area contributed by atoms with Gasteiger partial charge in [0.1, 0.15) is 0 Å². The molecule has 8 nitrogen and oxygen atoms in total. The van der Waals surface area contributed by atoms with Crippen LogP contribution in [0.15, 0.2) is 34.7 Å². The van der Waals surface area contributed by atoms with E-state index in [2.05, 4.69) is 20.6 Å². The summed E-state index contributed by atoms with van der Waals surface area (Å²) in [5, 5.41) is 15.2. The zero-order chi connectivity index (χ0) is 20.3. The predicted octanol–water partition coefficient (Wildman–Crippen LogP) is 3.02. The summed E-state index contributed by atoms with van der Waals surface area (Å²) >= 11 is 0. The molecule has 0 saturated carbocycles. The minimum Gasteiger partial charge on any atom is -0.419 e. The SMILES string of the molecule is CC(=O)c1c(C)nn([C@@H](C)CC(=O)NCc2nnc(-c3ccccc3)o2)c1C. The third-order valence-electron chi connectivity index (χ3n) is 4.50. The quantitative estimate of drug-likeness (QED) is 0.631. The van der Waals surface area contributed by atoms with E-state index in [9.17, 15) is 9.59 Å². The molecule has 28 heavy (non-hydrogen) atoms. The highest BCUT2D eigenvalue weighted by atomic mass is 16.4. The smallest absolute Gasteiger partial charge is 0.247 e. The van der Waals surface area contributed by atoms with Gasteiger partial charge < -0.3 is 9.73 Å². The summed E-state index contributed by atoms with van der Waals surface area (Å²) < 4.78 is 7.31. The van der Waals surface area contributed by atoms with Gasteiger partial charge in [-0.25, -0.2) is 0 Å². The minimum atomic E-state index is -0.186. The maximum Gasteiger partial charge on any atom is 0.247 e. The Morgan fingerprint density at radius 3 is 2.54 bits per heavy atom. The van der Waals surface area contributed by atoms with Crippen LogP contribution in [0.25, 0.3) is 11.5 Å². The van der Waals surface area contributed by atoms with Gasteiger partial charge in [0.25, 0.3) is 0 Å². The molecule has 146 valence electrons. The van der Waals surface area contributed by atoms with Crippen LogP contribution >= 0.6 is 0 Å². The number of carbonyl (C=O) groups is 2. The van der Waals surface area contributed by atoms with E-state index in [1.165, 1.54) is 6.92 Å². The molecule has 2 heterocycles. The number of carbonyl (C=O) groups excluding carboxylic acids is 2. The van der Waals surface area contributed by atoms with Crippen molar-refractivity contribution in [2.24, 2.45) is 0 Å². The first-order valence-electron chi connectivity index (χ1n) is 9.08. The molecule has 0 saturated heterocycles. The molecule has 0 spiro atoms. The van der Waals surface area contributed by atoms with E-state index < -0.39 is 0 Å². The number of rotatable bonds is 7. The van der Waals surface area contributed by atoms with Crippen LogP contribution in [-0.2, 0) is 11.3 Å². The molecule has 1 aromatic carbocycles. The van der Waals surface area contributed by atoms with Gasteiger partial charge in [-0.05, 0) is 39.8 Å². The van der Waals surface area contributed by atoms with E-state index in [-0.39, 0.29) is 30.7 Å². The van der Waals surface area contributed by atoms with Crippen molar-refractivity contribution >= 4 is 11.7 Å². The number of aryl methyl sites for hydroxylation is 1. The first kappa shape index (κ1) is 19.5. The Morgan fingerprint density at radius 1 is 1.18 bits per heavy atom. The highest BCUT2D eigenvalue weighted by Gasteiger charge is 2.20. The predicted molar refractivity (Wildman–Crippen MR) is 103 cm³/mol. The first-order chi connectivity index (χ1) is 13.4. The number of Topliss-reactive ketones (excluding diaryl/α,β-unsaturated/α-hetero) is 1. The Morgan fingerprint density at radius 2 is 1.89 bits per heavy atom. The lowest BCUT2D eigenvalue weighted by Gasteiger charge is -2.14. The van der Waals surface area contributed by atoms with Gasteiger partial charge >= 0.3 is 0 Å². The molecular formula is C20H23N5O3. The summed E-state index contributed by atoms with van der Waals surface area (Å²) in [6.07, 6.45) is 0.221. The van der Waals surface area contributed by atoms with Crippen LogP contribution in [0.3, 0.4) is 0 Å². The topological polar surface area (TPSA) is 103 Å². The van der Waals surface area contributed by atoms with Crippen molar-refractivity contribution in [3.8, 4) is 11.5 Å². The molecule has 0 aliphatic heterocycles. The lowest BCUT2D eigenvalue weighted by atomic mass is 10.1. The van der Waals surface area contributed by atoms with E-state index >= 15 is 0 Å². The molecule has 3 aromatic rings. The third-order valence-corrected chi connectivity index (χ3v) is 4.50. The van der Waals surface area contributed by atoms with Crippen LogP contribution < -0.4 is 5.32 Å². The van der Waals surface area contributed by atoms with E-state index in [1.54, 1.807) is 11.6 Å². The fourth-order valence-electron chi connectivity index (χ4n) is 3.23. The van der Waals surface area contributed by atoms with Crippen molar-refractivity contribution < 1.29 is 14.0 Å². The Kier molecular flexibility index (Phi) is 5.67. The fourth-order valence-corrected chi connectivity index (χ4v) is 3.23. The van der Waals surface area contributed by atoms with Crippen molar-refractivity contribution in [2.45, 2.75) is 46.7 Å². The summed E-state index contributed by atoms with van der Waals surface area (Å²) in [6.45, 7) is 7.21. The van der Waals surface area contributed by atoms with Crippen LogP contribution in [0, 0.1) is 13.8 Å². The number of hydrogen-bond acceptors (Lipinski definition) is 6. The fraction of sp³-hybridized carbons (Fsp3) is 0.350. The van der Waals surface area contributed by atoms with E-state index in [0.717, 1.165) is 11.3 Å². The third kappa shape index (κ3) is 4.16. The van der Waals surface area contributed by atoms with Gasteiger partial charge in [-0.2, -0.15) is 5.10 Å². The monoisotopic (exact) mass is 381 g/mol. The molecule has 1 N–H and O–H groups in total. The molecular weight excluding hydrogens is 358 g/mol. The molecule has 0 unspecified atom stereocenters. The van der Waals surface area contributed by atoms with Gasteiger partial charge in [-0.15, -0.1) is 10.2 Å². The second-order valence-corrected chi connectivity index (χ2v) is 6.74. The lowest BCUT2D eigenvalue weighted by molar-refractivity contribution is -0.122. The largest absolute Gasteiger partial charge is 0.419 e. The van der Waals surface area contributed by atoms with Gasteiger partial charge in [0.15, 0.2) is 5.78 Å². The first-order valence-corrected chi connectivity index (χ1v) is 9.08. The molecule has 0 aliphatic carbocycles. The number of aromatic nitrogens is 4. The molecule has 1 amide bonds. The standard InChI is InChI=1S/C20H23N5O3/c1-12(25-14(3)19(15(4)26)13(2)24-25)10-17(27)21-11-18-22-23-20(28-18)16-8-6-5-7-9-16/h5-9,12H,10-11H2,1-4H3,(H,21,27)/t12-/m0/s1. The van der Waals surface area contributed by atoms with Gasteiger partial charge in [-0.3, -0.25) is 14.3 Å². The summed E-state index contributed by atoms with van der Waals surface area (Å²) in [6, 6.07) is 9.25. The van der Waals surface area contributed by atoms with Crippen LogP contribution in [-0.4, -0.2) is 31.7 Å². The van der Waals surface area contributed by atoms with Crippen LogP contribution in [0.2, 0.25) is 0 Å². The average Bonchev–Trinajstić information content (AvgIpc) is 3.25. The van der Waals surface area contributed by atoms with Crippen molar-refractivity contribution in [1.82, 2.24) is 25.3 Å². The minimum absolute atomic E-state index is 0.0245. The number of benzene rings is 1. The number of nitrogens with one attached hydrogen (secondary N) is 1. The molecule has 0 aliphatic rings. The zero-order valence-corrected chi connectivity index (χ0v) is 16.4. The van der Waals surface area contributed by atoms with Crippen molar-refractivity contribution in [1.29, 1.82) is 0 Å². The van der Waals surface area contributed by atoms with Gasteiger partial charge in [-0.1, -0.05) is 18.2 Å². The number of amides is 1. The molecule has 3 rings (SSSR count). The van der Waals surface area contributed by atoms with E-state index in [0.29, 0.717) is 23.0 Å². The molecule has 2 aromatic heterocycles. The molecule has 0 radical (unpaired) electrons. The molecule has 0 bridgehead atoms. The number of nitrogens with zero attached hydrogens (tertiary/aromatic N) is 4. The Hall–Kier alpha value is -3.29. The normalized spacial score (nSPS) is 12.0. The highest BCUT2D eigenvalue weighted by molar-refractivity contribution is 5.96. The molecule has 0 fully saturated rings. The van der Waals surface area contributed by atoms with Crippen LogP contribution in [0.1, 0.15) is 53.9 Å². The average molecular weight is 381 g/mol. The van der Waals surface area contributed by atoms with E-state index in [1.807, 2.05) is 44.2 Å². The zero-order valence-electron chi connectivity index (χ0n) is 16.4. The van der Waals surface area contributed by atoms with Gasteiger partial charge in [0.2, 0.25) is 17.7 Å². The summed E-state index contributed by atoms with van der Waals surface area (Å²) in [7, 11) is 0. The maximum atomic E-state index is 12.3. The summed E-state index contributed by atoms with van der Waals surface area (Å²) in [5.74, 6) is 0.565. The summed E-state index contributed by atoms with van der Waals surface area (Å²) in [4.78, 5) is 24.1. The molecule has 1 atom stereocenters. The van der Waals surface area contributed by atoms with Crippen molar-refractivity contribution in [3.63, 3.8) is 0 Å². The van der Waals surface area contributed by atoms with Crippen LogP contribution in [0.5, 0.6) is 0 Å². The Bertz CT molecular complexity index is 991. The van der Waals surface area contributed by atoms with Gasteiger partial charge in [0, 0.05) is 17.7 Å². The maximum absolute atomic E-state index is 12.3. The van der Waals surface area contributed by atoms with Crippen LogP contribution in [0.4, 0.5) is 0 Å². The second kappa shape index (κ2) is 8.16. The molecule has 8 heteroatoms. The lowest BCUT2D eigenvalue weighted by Crippen LogP contribution is -2.26.